The predicted molar refractivity (Wildman–Crippen MR) is 234 cm³/mol. The van der Waals surface area contributed by atoms with Gasteiger partial charge in [-0.15, -0.1) is 0 Å². The SMILES string of the molecule is CC/C=C\C/C=C\C/C=C\C/C=C\CCCCCCCCC(=O)OC(/C=C\C/C=C\CCCCCC)CCCCCCCCC(=O)NC(CCCN)C(=O)O. The Bertz CT molecular complexity index is 1090. The van der Waals surface area contributed by atoms with Crippen molar-refractivity contribution in [2.75, 3.05) is 6.54 Å². The lowest BCUT2D eigenvalue weighted by Gasteiger charge is -2.15. The van der Waals surface area contributed by atoms with Crippen molar-refractivity contribution in [2.24, 2.45) is 5.73 Å². The minimum absolute atomic E-state index is 0.0908. The average Bonchev–Trinajstić information content (AvgIpc) is 3.17. The van der Waals surface area contributed by atoms with Gasteiger partial charge in [0, 0.05) is 12.8 Å². The van der Waals surface area contributed by atoms with Crippen molar-refractivity contribution in [1.29, 1.82) is 0 Å². The maximum Gasteiger partial charge on any atom is 0.326 e. The van der Waals surface area contributed by atoms with Crippen LogP contribution in [0.1, 0.15) is 194 Å². The lowest BCUT2D eigenvalue weighted by Crippen LogP contribution is -2.40. The molecule has 314 valence electrons. The molecular formula is C48H82N2O5. The van der Waals surface area contributed by atoms with E-state index < -0.39 is 12.0 Å². The zero-order chi connectivity index (χ0) is 40.3. The summed E-state index contributed by atoms with van der Waals surface area (Å²) >= 11 is 0. The van der Waals surface area contributed by atoms with E-state index in [1.165, 1.54) is 44.9 Å². The molecule has 4 N–H and O–H groups in total. The number of amides is 1. The number of ether oxygens (including phenoxy) is 1. The normalized spacial score (nSPS) is 13.4. The second-order valence-electron chi connectivity index (χ2n) is 14.7. The van der Waals surface area contributed by atoms with Crippen LogP contribution in [0.25, 0.3) is 0 Å². The number of carbonyl (C=O) groups is 3. The first-order chi connectivity index (χ1) is 26.9. The maximum absolute atomic E-state index is 12.8. The molecule has 0 heterocycles. The molecule has 0 fully saturated rings. The van der Waals surface area contributed by atoms with E-state index in [2.05, 4.69) is 92.1 Å². The summed E-state index contributed by atoms with van der Waals surface area (Å²) in [5.74, 6) is -1.31. The number of nitrogens with two attached hydrogens (primary N) is 1. The second kappa shape index (κ2) is 42.0. The van der Waals surface area contributed by atoms with Crippen LogP contribution in [0.2, 0.25) is 0 Å². The first-order valence-electron chi connectivity index (χ1n) is 22.3. The molecule has 1 amide bonds. The molecule has 2 atom stereocenters. The lowest BCUT2D eigenvalue weighted by molar-refractivity contribution is -0.147. The van der Waals surface area contributed by atoms with Crippen molar-refractivity contribution in [3.05, 3.63) is 72.9 Å². The number of carboxylic acid groups (broad SMARTS) is 1. The molecule has 0 aromatic rings. The molecule has 0 aromatic carbocycles. The van der Waals surface area contributed by atoms with Crippen molar-refractivity contribution in [3.63, 3.8) is 0 Å². The first-order valence-corrected chi connectivity index (χ1v) is 22.3. The van der Waals surface area contributed by atoms with E-state index in [-0.39, 0.29) is 18.0 Å². The van der Waals surface area contributed by atoms with E-state index in [0.717, 1.165) is 109 Å². The van der Waals surface area contributed by atoms with Crippen LogP contribution in [-0.4, -0.2) is 41.6 Å². The van der Waals surface area contributed by atoms with Crippen LogP contribution in [0.5, 0.6) is 0 Å². The smallest absolute Gasteiger partial charge is 0.326 e. The fraction of sp³-hybridized carbons (Fsp3) is 0.688. The molecule has 0 aromatic heterocycles. The van der Waals surface area contributed by atoms with Crippen LogP contribution in [-0.2, 0) is 19.1 Å². The Morgan fingerprint density at radius 2 is 1.05 bits per heavy atom. The number of unbranched alkanes of at least 4 members (excludes halogenated alkanes) is 15. The Hall–Kier alpha value is -3.19. The highest BCUT2D eigenvalue weighted by Gasteiger charge is 2.18. The molecular weight excluding hydrogens is 685 g/mol. The van der Waals surface area contributed by atoms with E-state index in [4.69, 9.17) is 10.5 Å². The summed E-state index contributed by atoms with van der Waals surface area (Å²) in [6, 6.07) is -0.860. The van der Waals surface area contributed by atoms with Gasteiger partial charge in [0.1, 0.15) is 12.1 Å². The lowest BCUT2D eigenvalue weighted by atomic mass is 10.0. The van der Waals surface area contributed by atoms with Gasteiger partial charge in [-0.2, -0.15) is 0 Å². The molecule has 0 saturated carbocycles. The van der Waals surface area contributed by atoms with Gasteiger partial charge >= 0.3 is 11.9 Å². The number of carbonyl (C=O) groups excluding carboxylic acids is 2. The molecule has 0 rings (SSSR count). The minimum atomic E-state index is -1.01. The standard InChI is InChI=1S/C48H82N2O5/c1-3-5-7-9-11-13-14-15-16-17-18-19-20-21-22-24-26-32-36-42-47(52)55-44(38-33-29-25-23-12-10-8-6-4-2)39-34-30-27-28-31-35-41-46(51)50-45(48(53)54)40-37-43-49/h5,7,11,13,15-16,18-19,23,25,33,38,44-45H,3-4,6,8-10,12,14,17,20-22,24,26-32,34-37,39-43,49H2,1-2H3,(H,50,51)(H,53,54)/b7-5-,13-11-,16-15-,19-18-,25-23-,38-33-. The molecule has 0 aliphatic rings. The zero-order valence-corrected chi connectivity index (χ0v) is 35.2. The highest BCUT2D eigenvalue weighted by molar-refractivity contribution is 5.83. The van der Waals surface area contributed by atoms with Crippen LogP contribution in [0.15, 0.2) is 72.9 Å². The summed E-state index contributed by atoms with van der Waals surface area (Å²) in [4.78, 5) is 36.3. The zero-order valence-electron chi connectivity index (χ0n) is 35.2. The summed E-state index contributed by atoms with van der Waals surface area (Å²) < 4.78 is 5.94. The highest BCUT2D eigenvalue weighted by atomic mass is 16.5. The third kappa shape index (κ3) is 38.9. The fourth-order valence-corrected chi connectivity index (χ4v) is 6.15. The number of rotatable bonds is 39. The van der Waals surface area contributed by atoms with Crippen LogP contribution in [0.4, 0.5) is 0 Å². The summed E-state index contributed by atoms with van der Waals surface area (Å²) in [7, 11) is 0. The third-order valence-corrected chi connectivity index (χ3v) is 9.49. The number of hydrogen-bond acceptors (Lipinski definition) is 5. The van der Waals surface area contributed by atoms with Gasteiger partial charge in [0.2, 0.25) is 5.91 Å². The molecule has 7 nitrogen and oxygen atoms in total. The Kier molecular flexibility index (Phi) is 39.5. The van der Waals surface area contributed by atoms with E-state index in [1.807, 2.05) is 0 Å². The van der Waals surface area contributed by atoms with Crippen molar-refractivity contribution in [3.8, 4) is 0 Å². The predicted octanol–water partition coefficient (Wildman–Crippen LogP) is 12.7. The molecule has 0 spiro atoms. The maximum atomic E-state index is 12.8. The Morgan fingerprint density at radius 1 is 0.564 bits per heavy atom. The number of hydrogen-bond donors (Lipinski definition) is 3. The summed E-state index contributed by atoms with van der Waals surface area (Å²) in [5.41, 5.74) is 5.48. The summed E-state index contributed by atoms with van der Waals surface area (Å²) in [6.45, 7) is 4.80. The molecule has 0 radical (unpaired) electrons. The van der Waals surface area contributed by atoms with Crippen LogP contribution < -0.4 is 11.1 Å². The monoisotopic (exact) mass is 767 g/mol. The average molecular weight is 767 g/mol. The number of nitrogens with one attached hydrogen (secondary N) is 1. The Labute approximate surface area is 337 Å². The van der Waals surface area contributed by atoms with E-state index in [9.17, 15) is 19.5 Å². The quantitative estimate of drug-likeness (QED) is 0.0326. The Morgan fingerprint density at radius 3 is 1.62 bits per heavy atom. The number of aliphatic carboxylic acids is 1. The van der Waals surface area contributed by atoms with Gasteiger partial charge in [-0.3, -0.25) is 9.59 Å². The molecule has 0 aliphatic heterocycles. The molecule has 7 heteroatoms. The topological polar surface area (TPSA) is 119 Å². The minimum Gasteiger partial charge on any atom is -0.480 e. The molecule has 2 unspecified atom stereocenters. The van der Waals surface area contributed by atoms with Gasteiger partial charge in [0.05, 0.1) is 0 Å². The Balaban J connectivity index is 4.31. The van der Waals surface area contributed by atoms with Gasteiger partial charge in [-0.25, -0.2) is 4.79 Å². The van der Waals surface area contributed by atoms with Crippen molar-refractivity contribution < 1.29 is 24.2 Å². The van der Waals surface area contributed by atoms with E-state index in [1.54, 1.807) is 0 Å². The first kappa shape index (κ1) is 51.8. The summed E-state index contributed by atoms with van der Waals surface area (Å²) in [6.07, 6.45) is 53.9. The fourth-order valence-electron chi connectivity index (χ4n) is 6.15. The van der Waals surface area contributed by atoms with Crippen LogP contribution in [0.3, 0.4) is 0 Å². The van der Waals surface area contributed by atoms with Crippen molar-refractivity contribution in [2.45, 2.75) is 206 Å². The largest absolute Gasteiger partial charge is 0.480 e. The molecule has 0 aliphatic carbocycles. The molecule has 55 heavy (non-hydrogen) atoms. The van der Waals surface area contributed by atoms with E-state index >= 15 is 0 Å². The van der Waals surface area contributed by atoms with Crippen molar-refractivity contribution >= 4 is 17.8 Å². The van der Waals surface area contributed by atoms with Gasteiger partial charge in [-0.05, 0) is 109 Å². The van der Waals surface area contributed by atoms with Gasteiger partial charge in [-0.1, -0.05) is 151 Å². The third-order valence-electron chi connectivity index (χ3n) is 9.49. The molecule has 0 bridgehead atoms. The number of esters is 1. The van der Waals surface area contributed by atoms with Crippen LogP contribution in [0, 0.1) is 0 Å². The number of allylic oxidation sites excluding steroid dienone is 11. The summed E-state index contributed by atoms with van der Waals surface area (Å²) in [5, 5.41) is 11.9. The van der Waals surface area contributed by atoms with Crippen molar-refractivity contribution in [1.82, 2.24) is 5.32 Å². The van der Waals surface area contributed by atoms with Gasteiger partial charge < -0.3 is 20.9 Å². The second-order valence-corrected chi connectivity index (χ2v) is 14.7. The van der Waals surface area contributed by atoms with Crippen LogP contribution >= 0.6 is 0 Å². The highest BCUT2D eigenvalue weighted by Crippen LogP contribution is 2.15. The van der Waals surface area contributed by atoms with E-state index in [0.29, 0.717) is 32.2 Å². The molecule has 0 saturated heterocycles. The number of carboxylic acids is 1. The van der Waals surface area contributed by atoms with Gasteiger partial charge in [0.25, 0.3) is 0 Å². The van der Waals surface area contributed by atoms with Gasteiger partial charge in [0.15, 0.2) is 0 Å².